The summed E-state index contributed by atoms with van der Waals surface area (Å²) in [6, 6.07) is 0.244. The number of urea groups is 1. The molecule has 1 heterocycles. The Labute approximate surface area is 105 Å². The summed E-state index contributed by atoms with van der Waals surface area (Å²) in [6.45, 7) is 7.19. The number of rotatable bonds is 2. The standard InChI is InChI=1S/C10H21N3O2.C2H6/c1-11(2)10(14)13-6-5-12(3)7-9(13)8-15-4;1-2/h9H,5-8H2,1-4H3;1-2H3. The van der Waals surface area contributed by atoms with Gasteiger partial charge in [-0.15, -0.1) is 0 Å². The highest BCUT2D eigenvalue weighted by Gasteiger charge is 2.29. The highest BCUT2D eigenvalue weighted by molar-refractivity contribution is 5.74. The minimum Gasteiger partial charge on any atom is -0.382 e. The molecule has 0 aliphatic carbocycles. The lowest BCUT2D eigenvalue weighted by molar-refractivity contribution is 0.0463. The summed E-state index contributed by atoms with van der Waals surface area (Å²) in [5.41, 5.74) is 0. The molecule has 0 aromatic heterocycles. The van der Waals surface area contributed by atoms with Gasteiger partial charge in [0.15, 0.2) is 0 Å². The molecule has 2 amide bonds. The van der Waals surface area contributed by atoms with Crippen molar-refractivity contribution < 1.29 is 9.53 Å². The van der Waals surface area contributed by atoms with E-state index < -0.39 is 0 Å². The average molecular weight is 245 g/mol. The molecule has 1 saturated heterocycles. The van der Waals surface area contributed by atoms with Gasteiger partial charge in [-0.25, -0.2) is 4.79 Å². The first-order chi connectivity index (χ1) is 8.06. The van der Waals surface area contributed by atoms with Gasteiger partial charge in [0.1, 0.15) is 0 Å². The van der Waals surface area contributed by atoms with E-state index in [4.69, 9.17) is 4.74 Å². The van der Waals surface area contributed by atoms with Crippen molar-refractivity contribution in [1.29, 1.82) is 0 Å². The molecule has 5 nitrogen and oxygen atoms in total. The third-order valence-corrected chi connectivity index (χ3v) is 2.67. The quantitative estimate of drug-likeness (QED) is 0.727. The van der Waals surface area contributed by atoms with Crippen LogP contribution < -0.4 is 0 Å². The summed E-state index contributed by atoms with van der Waals surface area (Å²) in [7, 11) is 7.31. The Morgan fingerprint density at radius 2 is 1.94 bits per heavy atom. The van der Waals surface area contributed by atoms with E-state index in [1.165, 1.54) is 0 Å². The molecule has 0 spiro atoms. The molecule has 0 aromatic rings. The van der Waals surface area contributed by atoms with E-state index >= 15 is 0 Å². The zero-order valence-corrected chi connectivity index (χ0v) is 12.1. The maximum Gasteiger partial charge on any atom is 0.319 e. The number of hydrogen-bond donors (Lipinski definition) is 0. The van der Waals surface area contributed by atoms with Crippen LogP contribution in [0.15, 0.2) is 0 Å². The van der Waals surface area contributed by atoms with E-state index in [-0.39, 0.29) is 12.1 Å². The largest absolute Gasteiger partial charge is 0.382 e. The molecule has 1 unspecified atom stereocenters. The van der Waals surface area contributed by atoms with E-state index in [1.54, 1.807) is 26.1 Å². The molecule has 0 aromatic carbocycles. The van der Waals surface area contributed by atoms with Crippen LogP contribution in [0.4, 0.5) is 4.79 Å². The Morgan fingerprint density at radius 3 is 2.41 bits per heavy atom. The van der Waals surface area contributed by atoms with Crippen LogP contribution in [0.1, 0.15) is 13.8 Å². The first-order valence-corrected chi connectivity index (χ1v) is 6.21. The summed E-state index contributed by atoms with van der Waals surface area (Å²) in [6.07, 6.45) is 0. The zero-order chi connectivity index (χ0) is 13.4. The SMILES string of the molecule is CC.COCC1CN(C)CCN1C(=O)N(C)C. The van der Waals surface area contributed by atoms with Gasteiger partial charge in [0, 0.05) is 40.8 Å². The topological polar surface area (TPSA) is 36.0 Å². The van der Waals surface area contributed by atoms with Crippen molar-refractivity contribution >= 4 is 6.03 Å². The van der Waals surface area contributed by atoms with Gasteiger partial charge < -0.3 is 19.4 Å². The van der Waals surface area contributed by atoms with E-state index in [0.29, 0.717) is 6.61 Å². The molecule has 1 rings (SSSR count). The number of amides is 2. The fraction of sp³-hybridized carbons (Fsp3) is 0.917. The fourth-order valence-corrected chi connectivity index (χ4v) is 1.85. The van der Waals surface area contributed by atoms with E-state index in [0.717, 1.165) is 19.6 Å². The van der Waals surface area contributed by atoms with Crippen LogP contribution in [0.5, 0.6) is 0 Å². The third kappa shape index (κ3) is 4.91. The summed E-state index contributed by atoms with van der Waals surface area (Å²) in [4.78, 5) is 17.6. The average Bonchev–Trinajstić information content (AvgIpc) is 2.31. The smallest absolute Gasteiger partial charge is 0.319 e. The van der Waals surface area contributed by atoms with Gasteiger partial charge in [-0.05, 0) is 7.05 Å². The molecular formula is C12H27N3O2. The molecule has 1 aliphatic heterocycles. The van der Waals surface area contributed by atoms with Gasteiger partial charge in [-0.3, -0.25) is 0 Å². The van der Waals surface area contributed by atoms with Crippen molar-refractivity contribution in [2.24, 2.45) is 0 Å². The monoisotopic (exact) mass is 245 g/mol. The first kappa shape index (κ1) is 16.2. The van der Waals surface area contributed by atoms with Gasteiger partial charge in [0.05, 0.1) is 12.6 Å². The summed E-state index contributed by atoms with van der Waals surface area (Å²) < 4.78 is 5.15. The summed E-state index contributed by atoms with van der Waals surface area (Å²) in [5, 5.41) is 0. The molecule has 1 aliphatic rings. The molecule has 0 N–H and O–H groups in total. The number of methoxy groups -OCH3 is 1. The highest BCUT2D eigenvalue weighted by atomic mass is 16.5. The van der Waals surface area contributed by atoms with Crippen molar-refractivity contribution in [2.75, 3.05) is 54.5 Å². The Morgan fingerprint density at radius 1 is 1.35 bits per heavy atom. The second-order valence-electron chi connectivity index (χ2n) is 4.24. The molecule has 5 heteroatoms. The number of ether oxygens (including phenoxy) is 1. The highest BCUT2D eigenvalue weighted by Crippen LogP contribution is 2.10. The van der Waals surface area contributed by atoms with E-state index in [1.807, 2.05) is 18.7 Å². The van der Waals surface area contributed by atoms with Crippen molar-refractivity contribution in [2.45, 2.75) is 19.9 Å². The van der Waals surface area contributed by atoms with Crippen molar-refractivity contribution in [3.63, 3.8) is 0 Å². The normalized spacial score (nSPS) is 20.6. The Balaban J connectivity index is 0.00000121. The van der Waals surface area contributed by atoms with Gasteiger partial charge in [0.2, 0.25) is 0 Å². The molecule has 0 saturated carbocycles. The second kappa shape index (κ2) is 8.31. The maximum absolute atomic E-state index is 11.9. The van der Waals surface area contributed by atoms with Crippen LogP contribution in [0.3, 0.4) is 0 Å². The van der Waals surface area contributed by atoms with Crippen LogP contribution in [-0.2, 0) is 4.74 Å². The Bertz CT molecular complexity index is 222. The maximum atomic E-state index is 11.9. The van der Waals surface area contributed by atoms with E-state index in [2.05, 4.69) is 11.9 Å². The molecule has 17 heavy (non-hydrogen) atoms. The van der Waals surface area contributed by atoms with E-state index in [9.17, 15) is 4.79 Å². The van der Waals surface area contributed by atoms with Crippen molar-refractivity contribution in [3.05, 3.63) is 0 Å². The fourth-order valence-electron chi connectivity index (χ4n) is 1.85. The number of carbonyl (C=O) groups is 1. The summed E-state index contributed by atoms with van der Waals surface area (Å²) >= 11 is 0. The Kier molecular flexibility index (Phi) is 7.91. The molecule has 0 bridgehead atoms. The zero-order valence-electron chi connectivity index (χ0n) is 12.1. The molecular weight excluding hydrogens is 218 g/mol. The number of nitrogens with zero attached hydrogens (tertiary/aromatic N) is 3. The van der Waals surface area contributed by atoms with Gasteiger partial charge in [-0.2, -0.15) is 0 Å². The number of carbonyl (C=O) groups excluding carboxylic acids is 1. The molecule has 0 radical (unpaired) electrons. The van der Waals surface area contributed by atoms with Gasteiger partial charge >= 0.3 is 6.03 Å². The number of hydrogen-bond acceptors (Lipinski definition) is 3. The van der Waals surface area contributed by atoms with Crippen molar-refractivity contribution in [1.82, 2.24) is 14.7 Å². The summed E-state index contributed by atoms with van der Waals surface area (Å²) in [5.74, 6) is 0. The predicted molar refractivity (Wildman–Crippen MR) is 70.3 cm³/mol. The van der Waals surface area contributed by atoms with Crippen LogP contribution in [-0.4, -0.2) is 81.3 Å². The van der Waals surface area contributed by atoms with Crippen molar-refractivity contribution in [3.8, 4) is 0 Å². The van der Waals surface area contributed by atoms with Gasteiger partial charge in [-0.1, -0.05) is 13.8 Å². The lowest BCUT2D eigenvalue weighted by Crippen LogP contribution is -2.57. The lowest BCUT2D eigenvalue weighted by Gasteiger charge is -2.40. The third-order valence-electron chi connectivity index (χ3n) is 2.67. The second-order valence-corrected chi connectivity index (χ2v) is 4.24. The molecule has 102 valence electrons. The van der Waals surface area contributed by atoms with Crippen LogP contribution in [0.2, 0.25) is 0 Å². The van der Waals surface area contributed by atoms with Crippen LogP contribution >= 0.6 is 0 Å². The predicted octanol–water partition coefficient (Wildman–Crippen LogP) is 0.957. The minimum absolute atomic E-state index is 0.0742. The Hall–Kier alpha value is -0.810. The molecule has 1 fully saturated rings. The van der Waals surface area contributed by atoms with Crippen LogP contribution in [0.25, 0.3) is 0 Å². The van der Waals surface area contributed by atoms with Gasteiger partial charge in [0.25, 0.3) is 0 Å². The van der Waals surface area contributed by atoms with Crippen LogP contribution in [0, 0.1) is 0 Å². The number of piperazine rings is 1. The molecule has 1 atom stereocenters. The minimum atomic E-state index is 0.0742. The number of likely N-dealkylation sites (N-methyl/N-ethyl adjacent to an activating group) is 1. The lowest BCUT2D eigenvalue weighted by atomic mass is 10.2. The first-order valence-electron chi connectivity index (χ1n) is 6.21.